The predicted octanol–water partition coefficient (Wildman–Crippen LogP) is 2.37. The van der Waals surface area contributed by atoms with Crippen molar-refractivity contribution < 1.29 is 8.42 Å². The normalized spacial score (nSPS) is 20.2. The molecule has 0 aromatic rings. The average molecular weight is 261 g/mol. The van der Waals surface area contributed by atoms with Crippen molar-refractivity contribution in [1.29, 1.82) is 0 Å². The van der Waals surface area contributed by atoms with Gasteiger partial charge in [0.1, 0.15) is 9.84 Å². The lowest BCUT2D eigenvalue weighted by Crippen LogP contribution is -2.35. The maximum atomic E-state index is 11.4. The number of sulfone groups is 1. The molecule has 1 atom stereocenters. The van der Waals surface area contributed by atoms with Crippen LogP contribution in [0.1, 0.15) is 52.9 Å². The van der Waals surface area contributed by atoms with E-state index in [-0.39, 0.29) is 5.75 Å². The second kappa shape index (κ2) is 6.19. The van der Waals surface area contributed by atoms with Crippen molar-refractivity contribution >= 4 is 9.84 Å². The minimum Gasteiger partial charge on any atom is -0.314 e. The van der Waals surface area contributed by atoms with Crippen molar-refractivity contribution in [3.05, 3.63) is 0 Å². The Labute approximate surface area is 106 Å². The first-order chi connectivity index (χ1) is 7.96. The minimum atomic E-state index is -2.78. The molecule has 0 radical (unpaired) electrons. The molecule has 0 aromatic carbocycles. The zero-order valence-corrected chi connectivity index (χ0v) is 12.3. The zero-order chi connectivity index (χ0) is 12.9. The van der Waals surface area contributed by atoms with Crippen LogP contribution in [0.15, 0.2) is 0 Å². The van der Waals surface area contributed by atoms with Crippen LogP contribution in [0.3, 0.4) is 0 Å². The monoisotopic (exact) mass is 261 g/mol. The van der Waals surface area contributed by atoms with Crippen LogP contribution in [0, 0.1) is 5.41 Å². The molecule has 1 fully saturated rings. The summed E-state index contributed by atoms with van der Waals surface area (Å²) in [4.78, 5) is 0. The number of hydrogen-bond acceptors (Lipinski definition) is 3. The SMILES string of the molecule is CCCNC(C)C1(CCCS(=O)(=O)CC)CC1. The van der Waals surface area contributed by atoms with Crippen molar-refractivity contribution in [1.82, 2.24) is 5.32 Å². The van der Waals surface area contributed by atoms with Crippen molar-refractivity contribution in [3.8, 4) is 0 Å². The summed E-state index contributed by atoms with van der Waals surface area (Å²) in [6.07, 6.45) is 5.57. The van der Waals surface area contributed by atoms with Crippen LogP contribution in [0.4, 0.5) is 0 Å². The van der Waals surface area contributed by atoms with Gasteiger partial charge < -0.3 is 5.32 Å². The summed E-state index contributed by atoms with van der Waals surface area (Å²) >= 11 is 0. The van der Waals surface area contributed by atoms with Gasteiger partial charge in [0.2, 0.25) is 0 Å². The fraction of sp³-hybridized carbons (Fsp3) is 1.00. The Morgan fingerprint density at radius 3 is 2.41 bits per heavy atom. The minimum absolute atomic E-state index is 0.281. The average Bonchev–Trinajstić information content (AvgIpc) is 3.07. The van der Waals surface area contributed by atoms with Gasteiger partial charge in [0, 0.05) is 11.8 Å². The predicted molar refractivity (Wildman–Crippen MR) is 73.0 cm³/mol. The highest BCUT2D eigenvalue weighted by Crippen LogP contribution is 2.52. The second-order valence-electron chi connectivity index (χ2n) is 5.38. The Kier molecular flexibility index (Phi) is 5.45. The van der Waals surface area contributed by atoms with Gasteiger partial charge in [-0.15, -0.1) is 0 Å². The van der Waals surface area contributed by atoms with Gasteiger partial charge in [-0.05, 0) is 51.0 Å². The highest BCUT2D eigenvalue weighted by molar-refractivity contribution is 7.91. The Morgan fingerprint density at radius 2 is 1.94 bits per heavy atom. The van der Waals surface area contributed by atoms with E-state index in [1.165, 1.54) is 12.8 Å². The molecule has 1 aliphatic rings. The van der Waals surface area contributed by atoms with E-state index in [2.05, 4.69) is 19.2 Å². The van der Waals surface area contributed by atoms with Gasteiger partial charge in [0.25, 0.3) is 0 Å². The van der Waals surface area contributed by atoms with E-state index in [0.29, 0.717) is 17.2 Å². The Hall–Kier alpha value is -0.0900. The van der Waals surface area contributed by atoms with E-state index in [9.17, 15) is 8.42 Å². The van der Waals surface area contributed by atoms with Crippen LogP contribution in [-0.4, -0.2) is 32.5 Å². The van der Waals surface area contributed by atoms with Gasteiger partial charge in [0.15, 0.2) is 0 Å². The quantitative estimate of drug-likeness (QED) is 0.693. The van der Waals surface area contributed by atoms with E-state index < -0.39 is 9.84 Å². The van der Waals surface area contributed by atoms with E-state index in [1.54, 1.807) is 6.92 Å². The van der Waals surface area contributed by atoms with Crippen LogP contribution in [-0.2, 0) is 9.84 Å². The highest BCUT2D eigenvalue weighted by atomic mass is 32.2. The molecule has 0 heterocycles. The van der Waals surface area contributed by atoms with Crippen LogP contribution in [0.5, 0.6) is 0 Å². The van der Waals surface area contributed by atoms with Crippen molar-refractivity contribution in [2.75, 3.05) is 18.1 Å². The molecule has 4 heteroatoms. The van der Waals surface area contributed by atoms with Crippen molar-refractivity contribution in [2.45, 2.75) is 58.9 Å². The smallest absolute Gasteiger partial charge is 0.150 e. The molecule has 0 amide bonds. The first-order valence-corrected chi connectivity index (χ1v) is 8.72. The van der Waals surface area contributed by atoms with Crippen LogP contribution in [0.25, 0.3) is 0 Å². The Bertz CT molecular complexity index is 320. The van der Waals surface area contributed by atoms with E-state index in [0.717, 1.165) is 25.8 Å². The molecule has 1 aliphatic carbocycles. The molecule has 3 nitrogen and oxygen atoms in total. The first kappa shape index (κ1) is 15.0. The van der Waals surface area contributed by atoms with Crippen LogP contribution in [0.2, 0.25) is 0 Å². The molecule has 0 bridgehead atoms. The number of nitrogens with one attached hydrogen (secondary N) is 1. The van der Waals surface area contributed by atoms with E-state index >= 15 is 0 Å². The number of rotatable bonds is 9. The lowest BCUT2D eigenvalue weighted by molar-refractivity contribution is 0.328. The van der Waals surface area contributed by atoms with E-state index in [1.807, 2.05) is 0 Å². The van der Waals surface area contributed by atoms with Gasteiger partial charge in [-0.2, -0.15) is 0 Å². The van der Waals surface area contributed by atoms with Gasteiger partial charge in [0.05, 0.1) is 5.75 Å². The Balaban J connectivity index is 2.31. The summed E-state index contributed by atoms with van der Waals surface area (Å²) in [7, 11) is -2.78. The summed E-state index contributed by atoms with van der Waals surface area (Å²) in [5.74, 6) is 0.648. The molecule has 1 N–H and O–H groups in total. The second-order valence-corrected chi connectivity index (χ2v) is 7.85. The van der Waals surface area contributed by atoms with Crippen molar-refractivity contribution in [3.63, 3.8) is 0 Å². The van der Waals surface area contributed by atoms with Crippen LogP contribution >= 0.6 is 0 Å². The standard InChI is InChI=1S/C13H27NO2S/c1-4-10-14-12(3)13(8-9-13)7-6-11-17(15,16)5-2/h12,14H,4-11H2,1-3H3. The van der Waals surface area contributed by atoms with Gasteiger partial charge in [-0.1, -0.05) is 13.8 Å². The largest absolute Gasteiger partial charge is 0.314 e. The number of hydrogen-bond donors (Lipinski definition) is 1. The van der Waals surface area contributed by atoms with Gasteiger partial charge in [-0.3, -0.25) is 0 Å². The zero-order valence-electron chi connectivity index (χ0n) is 11.5. The molecule has 17 heavy (non-hydrogen) atoms. The summed E-state index contributed by atoms with van der Waals surface area (Å²) in [5.41, 5.74) is 0.401. The summed E-state index contributed by atoms with van der Waals surface area (Å²) in [5, 5.41) is 3.55. The van der Waals surface area contributed by atoms with Crippen LogP contribution < -0.4 is 5.32 Å². The summed E-state index contributed by atoms with van der Waals surface area (Å²) in [6.45, 7) is 7.22. The summed E-state index contributed by atoms with van der Waals surface area (Å²) in [6, 6.07) is 0.534. The third-order valence-corrected chi connectivity index (χ3v) is 5.87. The third kappa shape index (κ3) is 4.59. The first-order valence-electron chi connectivity index (χ1n) is 6.89. The molecule has 1 unspecified atom stereocenters. The summed E-state index contributed by atoms with van der Waals surface area (Å²) < 4.78 is 22.9. The van der Waals surface area contributed by atoms with Gasteiger partial charge >= 0.3 is 0 Å². The van der Waals surface area contributed by atoms with Gasteiger partial charge in [-0.25, -0.2) is 8.42 Å². The fourth-order valence-corrected chi connectivity index (χ4v) is 3.30. The molecule has 0 spiro atoms. The molecule has 1 saturated carbocycles. The molecular formula is C13H27NO2S. The molecular weight excluding hydrogens is 234 g/mol. The fourth-order valence-electron chi connectivity index (χ4n) is 2.43. The maximum Gasteiger partial charge on any atom is 0.150 e. The lowest BCUT2D eigenvalue weighted by atomic mass is 9.92. The molecule has 0 aliphatic heterocycles. The topological polar surface area (TPSA) is 46.2 Å². The molecule has 102 valence electrons. The lowest BCUT2D eigenvalue weighted by Gasteiger charge is -2.24. The highest BCUT2D eigenvalue weighted by Gasteiger charge is 2.46. The maximum absolute atomic E-state index is 11.4. The molecule has 0 aromatic heterocycles. The van der Waals surface area contributed by atoms with E-state index in [4.69, 9.17) is 0 Å². The molecule has 1 rings (SSSR count). The third-order valence-electron chi connectivity index (χ3n) is 4.08. The van der Waals surface area contributed by atoms with Crippen molar-refractivity contribution in [2.24, 2.45) is 5.41 Å². The molecule has 0 saturated heterocycles. The Morgan fingerprint density at radius 1 is 1.29 bits per heavy atom.